The van der Waals surface area contributed by atoms with Crippen LogP contribution in [0.25, 0.3) is 0 Å². The lowest BCUT2D eigenvalue weighted by Gasteiger charge is -2.50. The Morgan fingerprint density at radius 3 is 2.51 bits per heavy atom. The molecule has 9 N–H and O–H groups in total. The Morgan fingerprint density at radius 1 is 1.00 bits per heavy atom. The number of allylic oxidation sites excluding steroid dienone is 4. The highest BCUT2D eigenvalue weighted by atomic mass is 16.7. The summed E-state index contributed by atoms with van der Waals surface area (Å²) in [4.78, 5) is 28.0. The monoisotopic (exact) mass is 633 g/mol. The van der Waals surface area contributed by atoms with Crippen LogP contribution >= 0.6 is 0 Å². The van der Waals surface area contributed by atoms with Crippen molar-refractivity contribution in [1.82, 2.24) is 0 Å². The van der Waals surface area contributed by atoms with E-state index in [2.05, 4.69) is 5.32 Å². The number of aliphatic hydroxyl groups is 5. The Morgan fingerprint density at radius 2 is 1.78 bits per heavy atom. The molecule has 5 fully saturated rings. The molecule has 6 aliphatic rings. The molecule has 4 aliphatic carbocycles. The molecule has 12 unspecified atom stereocenters. The Hall–Kier alpha value is -1.70. The Bertz CT molecular complexity index is 1150. The number of nitrogens with two attached hydrogens (primary N) is 2. The number of hydrogen-bond donors (Lipinski definition) is 7. The van der Waals surface area contributed by atoms with Crippen LogP contribution in [-0.2, 0) is 19.1 Å². The van der Waals surface area contributed by atoms with Crippen molar-refractivity contribution in [3.05, 3.63) is 23.5 Å². The van der Waals surface area contributed by atoms with Crippen LogP contribution in [0.4, 0.5) is 0 Å². The zero-order chi connectivity index (χ0) is 31.9. The fourth-order valence-corrected chi connectivity index (χ4v) is 9.34. The molecule has 2 heterocycles. The summed E-state index contributed by atoms with van der Waals surface area (Å²) >= 11 is 0. The second-order valence-electron chi connectivity index (χ2n) is 14.8. The van der Waals surface area contributed by atoms with E-state index in [1.165, 1.54) is 19.3 Å². The highest BCUT2D eigenvalue weighted by molar-refractivity contribution is 6.02. The SMILES string of the molecule is NC1CC(CCC2(O)C(O)C(CO)OC(OC3CCCC4C(=O)C5C=C(CC6CCCCC6)C=C(O)C5C(=O)C34)C2O)CC[NH2+]1. The average molecular weight is 634 g/mol. The maximum absolute atomic E-state index is 14.1. The second kappa shape index (κ2) is 13.8. The van der Waals surface area contributed by atoms with E-state index in [1.807, 2.05) is 6.08 Å². The molecule has 0 aromatic heterocycles. The van der Waals surface area contributed by atoms with Gasteiger partial charge in [-0.15, -0.1) is 0 Å². The largest absolute Gasteiger partial charge is 0.512 e. The van der Waals surface area contributed by atoms with Gasteiger partial charge in [-0.2, -0.15) is 0 Å². The normalized spacial score (nSPS) is 44.5. The maximum atomic E-state index is 14.1. The zero-order valence-corrected chi connectivity index (χ0v) is 26.2. The van der Waals surface area contributed by atoms with E-state index < -0.39 is 66.6 Å². The maximum Gasteiger partial charge on any atom is 0.187 e. The second-order valence-corrected chi connectivity index (χ2v) is 14.8. The number of ether oxygens (including phenoxy) is 2. The fraction of sp³-hybridized carbons (Fsp3) is 0.824. The first-order valence-corrected chi connectivity index (χ1v) is 17.4. The van der Waals surface area contributed by atoms with E-state index in [-0.39, 0.29) is 35.8 Å². The van der Waals surface area contributed by atoms with Crippen LogP contribution in [0.1, 0.15) is 83.5 Å². The molecule has 0 aromatic carbocycles. The first-order chi connectivity index (χ1) is 21.6. The summed E-state index contributed by atoms with van der Waals surface area (Å²) in [6, 6.07) is 0. The number of Topliss-reactive ketones (excluding diaryl/α,β-unsaturated/α-hetero) is 2. The number of fused-ring (bicyclic) bond motifs is 2. The van der Waals surface area contributed by atoms with Crippen molar-refractivity contribution in [2.24, 2.45) is 41.2 Å². The molecule has 2 aliphatic heterocycles. The quantitative estimate of drug-likeness (QED) is 0.200. The third-order valence-corrected chi connectivity index (χ3v) is 11.9. The lowest BCUT2D eigenvalue weighted by Crippen LogP contribution is -2.94. The van der Waals surface area contributed by atoms with Gasteiger partial charge < -0.3 is 40.3 Å². The molecule has 252 valence electrons. The van der Waals surface area contributed by atoms with Crippen LogP contribution in [0.15, 0.2) is 23.5 Å². The molecule has 0 radical (unpaired) electrons. The summed E-state index contributed by atoms with van der Waals surface area (Å²) in [6.45, 7) is 0.260. The third-order valence-electron chi connectivity index (χ3n) is 11.9. The Kier molecular flexibility index (Phi) is 10.2. The highest BCUT2D eigenvalue weighted by Crippen LogP contribution is 2.48. The average Bonchev–Trinajstić information content (AvgIpc) is 3.03. The smallest absolute Gasteiger partial charge is 0.187 e. The van der Waals surface area contributed by atoms with E-state index in [4.69, 9.17) is 15.2 Å². The van der Waals surface area contributed by atoms with Gasteiger partial charge in [0.25, 0.3) is 0 Å². The lowest BCUT2D eigenvalue weighted by molar-refractivity contribution is -0.699. The standard InChI is InChI=1S/C34H52N2O9/c35-26-16-19(10-12-36-26)9-11-34(43)31(41)25(17-37)45-33(32(34)42)44-24-8-4-7-21-28(24)30(40)27-22(29(21)39)14-20(15-23(27)38)13-18-5-2-1-3-6-18/h14-15,18-19,21-22,24-28,31-33,36-38,41-43H,1-13,16-17,35H2/p+1. The van der Waals surface area contributed by atoms with Gasteiger partial charge in [0.1, 0.15) is 41.6 Å². The first-order valence-electron chi connectivity index (χ1n) is 17.4. The Balaban J connectivity index is 1.17. The van der Waals surface area contributed by atoms with Crippen molar-refractivity contribution in [3.8, 4) is 0 Å². The summed E-state index contributed by atoms with van der Waals surface area (Å²) < 4.78 is 12.1. The van der Waals surface area contributed by atoms with Crippen molar-refractivity contribution < 1.29 is 49.9 Å². The molecule has 11 heteroatoms. The van der Waals surface area contributed by atoms with Crippen molar-refractivity contribution in [2.75, 3.05) is 13.2 Å². The molecule has 3 saturated carbocycles. The number of aliphatic hydroxyl groups excluding tert-OH is 4. The van der Waals surface area contributed by atoms with Crippen LogP contribution in [0.5, 0.6) is 0 Å². The van der Waals surface area contributed by atoms with Gasteiger partial charge in [0.05, 0.1) is 37.0 Å². The molecule has 6 rings (SSSR count). The summed E-state index contributed by atoms with van der Waals surface area (Å²) in [7, 11) is 0. The molecule has 12 atom stereocenters. The predicted molar refractivity (Wildman–Crippen MR) is 162 cm³/mol. The summed E-state index contributed by atoms with van der Waals surface area (Å²) in [5.74, 6) is -2.70. The van der Waals surface area contributed by atoms with Crippen molar-refractivity contribution >= 4 is 11.6 Å². The zero-order valence-electron chi connectivity index (χ0n) is 26.2. The molecular weight excluding hydrogens is 580 g/mol. The van der Waals surface area contributed by atoms with Crippen molar-refractivity contribution in [3.63, 3.8) is 0 Å². The fourth-order valence-electron chi connectivity index (χ4n) is 9.34. The molecular formula is C34H53N2O9+. The first kappa shape index (κ1) is 33.2. The van der Waals surface area contributed by atoms with Gasteiger partial charge in [-0.1, -0.05) is 44.6 Å². The minimum atomic E-state index is -2.02. The lowest BCUT2D eigenvalue weighted by atomic mass is 9.59. The van der Waals surface area contributed by atoms with Gasteiger partial charge in [-0.25, -0.2) is 0 Å². The van der Waals surface area contributed by atoms with Gasteiger partial charge >= 0.3 is 0 Å². The number of carbonyl (C=O) groups excluding carboxylic acids is 2. The number of rotatable bonds is 8. The van der Waals surface area contributed by atoms with E-state index in [1.54, 1.807) is 6.08 Å². The third kappa shape index (κ3) is 6.56. The van der Waals surface area contributed by atoms with Crippen LogP contribution < -0.4 is 11.1 Å². The minimum absolute atomic E-state index is 0.0313. The Labute approximate surface area is 265 Å². The number of ketones is 2. The van der Waals surface area contributed by atoms with Gasteiger partial charge in [0.15, 0.2) is 12.1 Å². The molecule has 0 spiro atoms. The van der Waals surface area contributed by atoms with Gasteiger partial charge in [-0.05, 0) is 62.0 Å². The van der Waals surface area contributed by atoms with Crippen LogP contribution in [-0.4, -0.2) is 92.7 Å². The van der Waals surface area contributed by atoms with Crippen LogP contribution in [0.2, 0.25) is 0 Å². The van der Waals surface area contributed by atoms with E-state index in [9.17, 15) is 35.1 Å². The number of quaternary nitrogens is 1. The predicted octanol–water partition coefficient (Wildman–Crippen LogP) is 0.733. The van der Waals surface area contributed by atoms with E-state index >= 15 is 0 Å². The molecule has 45 heavy (non-hydrogen) atoms. The van der Waals surface area contributed by atoms with E-state index in [0.29, 0.717) is 31.6 Å². The number of hydrogen-bond acceptors (Lipinski definition) is 10. The molecule has 11 nitrogen and oxygen atoms in total. The highest BCUT2D eigenvalue weighted by Gasteiger charge is 2.59. The summed E-state index contributed by atoms with van der Waals surface area (Å²) in [6.07, 6.45) is 7.45. The topological polar surface area (TPSA) is 196 Å². The molecule has 0 aromatic rings. The number of carbonyl (C=O) groups is 2. The van der Waals surface area contributed by atoms with Gasteiger partial charge in [-0.3, -0.25) is 15.3 Å². The van der Waals surface area contributed by atoms with Crippen LogP contribution in [0.3, 0.4) is 0 Å². The van der Waals surface area contributed by atoms with Crippen molar-refractivity contribution in [1.29, 1.82) is 0 Å². The van der Waals surface area contributed by atoms with E-state index in [0.717, 1.165) is 44.2 Å². The summed E-state index contributed by atoms with van der Waals surface area (Å²) in [5.41, 5.74) is 5.01. The van der Waals surface area contributed by atoms with Gasteiger partial charge in [0, 0.05) is 12.3 Å². The molecule has 2 saturated heterocycles. The van der Waals surface area contributed by atoms with Crippen molar-refractivity contribution in [2.45, 2.75) is 126 Å². The van der Waals surface area contributed by atoms with Crippen LogP contribution in [0, 0.1) is 35.5 Å². The molecule has 0 bridgehead atoms. The minimum Gasteiger partial charge on any atom is -0.512 e. The summed E-state index contributed by atoms with van der Waals surface area (Å²) in [5, 5.41) is 57.3. The van der Waals surface area contributed by atoms with Gasteiger partial charge in [0.2, 0.25) is 0 Å². The molecule has 0 amide bonds. The number of piperidine rings is 1.